The van der Waals surface area contributed by atoms with Gasteiger partial charge in [-0.05, 0) is 33.1 Å². The topological polar surface area (TPSA) is 75.3 Å². The van der Waals surface area contributed by atoms with E-state index < -0.39 is 17.9 Å². The van der Waals surface area contributed by atoms with Crippen molar-refractivity contribution in [3.8, 4) is 0 Å². The highest BCUT2D eigenvalue weighted by Gasteiger charge is 2.58. The summed E-state index contributed by atoms with van der Waals surface area (Å²) >= 11 is 0. The van der Waals surface area contributed by atoms with E-state index in [1.54, 1.807) is 0 Å². The minimum Gasteiger partial charge on any atom is -0.348 e. The molecule has 3 fully saturated rings. The molecular weight excluding hydrogens is 326 g/mol. The third kappa shape index (κ3) is 4.34. The van der Waals surface area contributed by atoms with Crippen LogP contribution in [0, 0.1) is 5.41 Å². The van der Waals surface area contributed by atoms with Crippen LogP contribution in [0.1, 0.15) is 54.9 Å². The van der Waals surface area contributed by atoms with Gasteiger partial charge in [0.15, 0.2) is 17.9 Å². The summed E-state index contributed by atoms with van der Waals surface area (Å²) in [5, 5.41) is 3.09. The number of nitrogens with one attached hydrogen (secondary N) is 1. The Hall–Kier alpha value is -0.730. The highest BCUT2D eigenvalue weighted by atomic mass is 16.8. The second-order valence-corrected chi connectivity index (χ2v) is 9.27. The Balaban J connectivity index is 1.74. The van der Waals surface area contributed by atoms with Crippen LogP contribution in [0.3, 0.4) is 0 Å². The minimum atomic E-state index is -0.736. The summed E-state index contributed by atoms with van der Waals surface area (Å²) in [5.41, 5.74) is -0.0975. The molecule has 7 heteroatoms. The maximum Gasteiger partial charge on any atom is 0.220 e. The second-order valence-electron chi connectivity index (χ2n) is 9.27. The molecule has 0 bridgehead atoms. The van der Waals surface area contributed by atoms with Gasteiger partial charge in [0.1, 0.15) is 18.3 Å². The average molecular weight is 357 g/mol. The van der Waals surface area contributed by atoms with Gasteiger partial charge in [0.25, 0.3) is 0 Å². The van der Waals surface area contributed by atoms with Crippen LogP contribution in [0.4, 0.5) is 0 Å². The van der Waals surface area contributed by atoms with Gasteiger partial charge in [-0.15, -0.1) is 0 Å². The van der Waals surface area contributed by atoms with E-state index in [1.807, 2.05) is 48.5 Å². The summed E-state index contributed by atoms with van der Waals surface area (Å²) in [4.78, 5) is 12.5. The van der Waals surface area contributed by atoms with E-state index in [2.05, 4.69) is 5.32 Å². The molecule has 144 valence electrons. The van der Waals surface area contributed by atoms with Gasteiger partial charge < -0.3 is 29.0 Å². The number of hydrogen-bond acceptors (Lipinski definition) is 6. The highest BCUT2D eigenvalue weighted by molar-refractivity contribution is 5.77. The lowest BCUT2D eigenvalue weighted by molar-refractivity contribution is -0.223. The average Bonchev–Trinajstić information content (AvgIpc) is 2.99. The Kier molecular flexibility index (Phi) is 4.70. The number of carbonyl (C=O) groups excluding carboxylic acids is 1. The standard InChI is InChI=1S/C18H31NO6/c1-16(2,3)8-11(20)19-12-13(10-9-21-17(4,5)23-10)22-15-14(12)24-18(6,7)25-15/h10,12-15H,8-9H2,1-7H3,(H,19,20)/t10-,12-,13-,14-,15-/m1/s1. The molecular formula is C18H31NO6. The lowest BCUT2D eigenvalue weighted by atomic mass is 9.91. The fourth-order valence-electron chi connectivity index (χ4n) is 3.61. The van der Waals surface area contributed by atoms with E-state index >= 15 is 0 Å². The fourth-order valence-corrected chi connectivity index (χ4v) is 3.61. The molecule has 25 heavy (non-hydrogen) atoms. The van der Waals surface area contributed by atoms with E-state index in [4.69, 9.17) is 23.7 Å². The first kappa shape index (κ1) is 19.0. The van der Waals surface area contributed by atoms with Crippen LogP contribution in [-0.2, 0) is 28.5 Å². The zero-order chi connectivity index (χ0) is 18.6. The van der Waals surface area contributed by atoms with Crippen LogP contribution in [0.15, 0.2) is 0 Å². The lowest BCUT2D eigenvalue weighted by Crippen LogP contribution is -2.53. The zero-order valence-electron chi connectivity index (χ0n) is 16.3. The normalized spacial score (nSPS) is 39.4. The Morgan fingerprint density at radius 2 is 1.72 bits per heavy atom. The fraction of sp³-hybridized carbons (Fsp3) is 0.944. The molecule has 3 aliphatic heterocycles. The summed E-state index contributed by atoms with van der Waals surface area (Å²) in [5.74, 6) is -1.43. The third-order valence-corrected chi connectivity index (χ3v) is 4.50. The first-order valence-electron chi connectivity index (χ1n) is 8.98. The maximum atomic E-state index is 12.5. The van der Waals surface area contributed by atoms with Crippen LogP contribution in [0.5, 0.6) is 0 Å². The predicted octanol–water partition coefficient (Wildman–Crippen LogP) is 1.94. The molecule has 0 aromatic rings. The van der Waals surface area contributed by atoms with Crippen molar-refractivity contribution in [2.24, 2.45) is 5.41 Å². The number of hydrogen-bond donors (Lipinski definition) is 1. The first-order chi connectivity index (χ1) is 11.4. The monoisotopic (exact) mass is 357 g/mol. The number of ether oxygens (including phenoxy) is 5. The molecule has 0 saturated carbocycles. The smallest absolute Gasteiger partial charge is 0.220 e. The Bertz CT molecular complexity index is 526. The molecule has 3 rings (SSSR count). The SMILES string of the molecule is CC(C)(C)CC(=O)N[C@H]1[C@H]2OC(C)(C)O[C@H]2O[C@@H]1[C@H]1COC(C)(C)O1. The molecule has 3 heterocycles. The Labute approximate surface area is 149 Å². The first-order valence-corrected chi connectivity index (χ1v) is 8.98. The van der Waals surface area contributed by atoms with Crippen LogP contribution >= 0.6 is 0 Å². The van der Waals surface area contributed by atoms with Gasteiger partial charge >= 0.3 is 0 Å². The van der Waals surface area contributed by atoms with Gasteiger partial charge in [0.2, 0.25) is 5.91 Å². The van der Waals surface area contributed by atoms with Crippen molar-refractivity contribution in [1.82, 2.24) is 5.32 Å². The van der Waals surface area contributed by atoms with E-state index in [0.29, 0.717) is 13.0 Å². The zero-order valence-corrected chi connectivity index (χ0v) is 16.3. The number of rotatable bonds is 3. The van der Waals surface area contributed by atoms with Crippen molar-refractivity contribution in [3.05, 3.63) is 0 Å². The quantitative estimate of drug-likeness (QED) is 0.832. The van der Waals surface area contributed by atoms with E-state index in [-0.39, 0.29) is 35.7 Å². The molecule has 7 nitrogen and oxygen atoms in total. The predicted molar refractivity (Wildman–Crippen MR) is 89.6 cm³/mol. The van der Waals surface area contributed by atoms with E-state index in [0.717, 1.165) is 0 Å². The molecule has 3 saturated heterocycles. The summed E-state index contributed by atoms with van der Waals surface area (Å²) in [6, 6.07) is -0.343. The van der Waals surface area contributed by atoms with Crippen LogP contribution in [0.2, 0.25) is 0 Å². The van der Waals surface area contributed by atoms with Crippen molar-refractivity contribution in [3.63, 3.8) is 0 Å². The molecule has 1 N–H and O–H groups in total. The van der Waals surface area contributed by atoms with Gasteiger partial charge in [-0.3, -0.25) is 4.79 Å². The van der Waals surface area contributed by atoms with Crippen molar-refractivity contribution in [2.75, 3.05) is 6.61 Å². The summed E-state index contributed by atoms with van der Waals surface area (Å²) in [6.07, 6.45) is -1.12. The van der Waals surface area contributed by atoms with Crippen LogP contribution in [-0.4, -0.2) is 54.7 Å². The molecule has 1 amide bonds. The lowest BCUT2D eigenvalue weighted by Gasteiger charge is -2.30. The van der Waals surface area contributed by atoms with Gasteiger partial charge in [-0.25, -0.2) is 0 Å². The highest BCUT2D eigenvalue weighted by Crippen LogP contribution is 2.40. The van der Waals surface area contributed by atoms with Gasteiger partial charge in [0, 0.05) is 6.42 Å². The van der Waals surface area contributed by atoms with Crippen LogP contribution < -0.4 is 5.32 Å². The van der Waals surface area contributed by atoms with Crippen molar-refractivity contribution < 1.29 is 28.5 Å². The van der Waals surface area contributed by atoms with Crippen molar-refractivity contribution >= 4 is 5.91 Å². The number of amides is 1. The van der Waals surface area contributed by atoms with Gasteiger partial charge in [0.05, 0.1) is 12.6 Å². The molecule has 0 unspecified atom stereocenters. The van der Waals surface area contributed by atoms with E-state index in [1.165, 1.54) is 0 Å². The summed E-state index contributed by atoms with van der Waals surface area (Å²) < 4.78 is 29.5. The molecule has 0 aromatic carbocycles. The Morgan fingerprint density at radius 3 is 2.28 bits per heavy atom. The van der Waals surface area contributed by atoms with Crippen LogP contribution in [0.25, 0.3) is 0 Å². The molecule has 0 aliphatic carbocycles. The molecule has 3 aliphatic rings. The van der Waals surface area contributed by atoms with Crippen molar-refractivity contribution in [2.45, 2.75) is 97.1 Å². The molecule has 5 atom stereocenters. The van der Waals surface area contributed by atoms with E-state index in [9.17, 15) is 4.79 Å². The van der Waals surface area contributed by atoms with Gasteiger partial charge in [-0.2, -0.15) is 0 Å². The summed E-state index contributed by atoms with van der Waals surface area (Å²) in [7, 11) is 0. The maximum absolute atomic E-state index is 12.5. The molecule has 0 radical (unpaired) electrons. The van der Waals surface area contributed by atoms with Gasteiger partial charge in [-0.1, -0.05) is 20.8 Å². The number of carbonyl (C=O) groups is 1. The molecule has 0 aromatic heterocycles. The largest absolute Gasteiger partial charge is 0.348 e. The molecule has 0 spiro atoms. The number of fused-ring (bicyclic) bond motifs is 1. The summed E-state index contributed by atoms with van der Waals surface area (Å²) in [6.45, 7) is 13.9. The second kappa shape index (κ2) is 6.16. The minimum absolute atomic E-state index is 0.0294. The van der Waals surface area contributed by atoms with Crippen molar-refractivity contribution in [1.29, 1.82) is 0 Å². The third-order valence-electron chi connectivity index (χ3n) is 4.50. The Morgan fingerprint density at radius 1 is 1.04 bits per heavy atom.